The maximum Gasteiger partial charge on any atom is 0.123 e. The van der Waals surface area contributed by atoms with E-state index in [2.05, 4.69) is 25.8 Å². The van der Waals surface area contributed by atoms with Crippen LogP contribution in [0.1, 0.15) is 77.4 Å². The first-order chi connectivity index (χ1) is 11.3. The highest BCUT2D eigenvalue weighted by atomic mass is 19.1. The van der Waals surface area contributed by atoms with Crippen molar-refractivity contribution < 1.29 is 9.13 Å². The highest BCUT2D eigenvalue weighted by molar-refractivity contribution is 5.62. The summed E-state index contributed by atoms with van der Waals surface area (Å²) in [6, 6.07) is 2.04. The third kappa shape index (κ3) is 5.97. The van der Waals surface area contributed by atoms with Gasteiger partial charge in [0.05, 0.1) is 23.6 Å². The van der Waals surface area contributed by atoms with Gasteiger partial charge in [0.2, 0.25) is 0 Å². The first-order valence-corrected chi connectivity index (χ1v) is 9.08. The van der Waals surface area contributed by atoms with Crippen LogP contribution < -0.4 is 0 Å². The molecular formula is C20H33FN2O. The smallest absolute Gasteiger partial charge is 0.123 e. The molecule has 0 amide bonds. The number of nitrogens with zero attached hydrogens (tertiary/aromatic N) is 2. The van der Waals surface area contributed by atoms with Crippen molar-refractivity contribution >= 4 is 11.9 Å². The molecule has 0 saturated heterocycles. The Hall–Kier alpha value is -1.29. The van der Waals surface area contributed by atoms with Crippen LogP contribution in [0.2, 0.25) is 0 Å². The molecule has 0 aromatic carbocycles. The molecule has 1 rings (SSSR count). The number of alkyl halides is 1. The molecule has 0 bridgehead atoms. The number of aromatic nitrogens is 1. The summed E-state index contributed by atoms with van der Waals surface area (Å²) in [5.41, 5.74) is 3.78. The van der Waals surface area contributed by atoms with Gasteiger partial charge < -0.3 is 4.74 Å². The number of halogens is 1. The predicted octanol–water partition coefficient (Wildman–Crippen LogP) is 5.92. The molecule has 136 valence electrons. The normalized spacial score (nSPS) is 15.9. The standard InChI is InChI=1S/C20H33FN2O/c1-8-17-14(5)12-18(22-9-2)20(23-17)16(7)24-19(15(6)21)11-10-13(3)4/h9,12-13,15-16,19H,8,10-11H2,1-7H3/t15?,16?,19-/m1/s1. The third-order valence-electron chi connectivity index (χ3n) is 4.23. The average Bonchev–Trinajstić information content (AvgIpc) is 2.51. The summed E-state index contributed by atoms with van der Waals surface area (Å²) < 4.78 is 20.0. The molecule has 1 aromatic rings. The van der Waals surface area contributed by atoms with Crippen molar-refractivity contribution in [2.45, 2.75) is 86.1 Å². The van der Waals surface area contributed by atoms with E-state index in [-0.39, 0.29) is 6.10 Å². The van der Waals surface area contributed by atoms with Crippen LogP contribution in [0.3, 0.4) is 0 Å². The van der Waals surface area contributed by atoms with Crippen molar-refractivity contribution in [3.63, 3.8) is 0 Å². The Balaban J connectivity index is 3.04. The Kier molecular flexibility index (Phi) is 8.54. The Morgan fingerprint density at radius 3 is 2.42 bits per heavy atom. The van der Waals surface area contributed by atoms with E-state index in [0.717, 1.165) is 41.9 Å². The number of hydrogen-bond acceptors (Lipinski definition) is 3. The van der Waals surface area contributed by atoms with E-state index in [9.17, 15) is 4.39 Å². The van der Waals surface area contributed by atoms with Crippen LogP contribution in [0.25, 0.3) is 0 Å². The molecular weight excluding hydrogens is 303 g/mol. The first kappa shape index (κ1) is 20.8. The van der Waals surface area contributed by atoms with Gasteiger partial charge in [-0.15, -0.1) is 0 Å². The van der Waals surface area contributed by atoms with Gasteiger partial charge >= 0.3 is 0 Å². The van der Waals surface area contributed by atoms with Gasteiger partial charge in [-0.05, 0) is 64.5 Å². The summed E-state index contributed by atoms with van der Waals surface area (Å²) in [5, 5.41) is 0. The fourth-order valence-electron chi connectivity index (χ4n) is 2.78. The quantitative estimate of drug-likeness (QED) is 0.525. The van der Waals surface area contributed by atoms with E-state index in [4.69, 9.17) is 9.72 Å². The summed E-state index contributed by atoms with van der Waals surface area (Å²) in [6.07, 6.45) is 2.59. The second-order valence-electron chi connectivity index (χ2n) is 6.86. The fourth-order valence-corrected chi connectivity index (χ4v) is 2.78. The molecule has 0 aliphatic heterocycles. The summed E-state index contributed by atoms with van der Waals surface area (Å²) in [6.45, 7) is 13.8. The molecule has 0 aliphatic carbocycles. The topological polar surface area (TPSA) is 34.5 Å². The highest BCUT2D eigenvalue weighted by Crippen LogP contribution is 2.31. The predicted molar refractivity (Wildman–Crippen MR) is 100 cm³/mol. The molecule has 0 spiro atoms. The fraction of sp³-hybridized carbons (Fsp3) is 0.700. The van der Waals surface area contributed by atoms with Crippen molar-refractivity contribution in [2.24, 2.45) is 10.9 Å². The van der Waals surface area contributed by atoms with E-state index in [1.54, 1.807) is 13.1 Å². The van der Waals surface area contributed by atoms with Crippen LogP contribution in [-0.4, -0.2) is 23.5 Å². The number of rotatable bonds is 9. The highest BCUT2D eigenvalue weighted by Gasteiger charge is 2.24. The molecule has 3 nitrogen and oxygen atoms in total. The molecule has 0 fully saturated rings. The number of aliphatic imine (C=N–C) groups is 1. The zero-order valence-electron chi connectivity index (χ0n) is 16.3. The van der Waals surface area contributed by atoms with Crippen LogP contribution in [0, 0.1) is 12.8 Å². The molecule has 0 aliphatic rings. The van der Waals surface area contributed by atoms with Gasteiger partial charge in [0.15, 0.2) is 0 Å². The van der Waals surface area contributed by atoms with Crippen molar-refractivity contribution in [2.75, 3.05) is 0 Å². The lowest BCUT2D eigenvalue weighted by Gasteiger charge is -2.25. The van der Waals surface area contributed by atoms with Gasteiger partial charge in [-0.3, -0.25) is 9.98 Å². The van der Waals surface area contributed by atoms with Crippen LogP contribution in [-0.2, 0) is 11.2 Å². The van der Waals surface area contributed by atoms with E-state index in [0.29, 0.717) is 5.92 Å². The number of hydrogen-bond donors (Lipinski definition) is 0. The largest absolute Gasteiger partial charge is 0.366 e. The van der Waals surface area contributed by atoms with Crippen molar-refractivity contribution in [1.29, 1.82) is 0 Å². The third-order valence-corrected chi connectivity index (χ3v) is 4.23. The van der Waals surface area contributed by atoms with E-state index >= 15 is 0 Å². The zero-order valence-corrected chi connectivity index (χ0v) is 16.3. The minimum Gasteiger partial charge on any atom is -0.366 e. The monoisotopic (exact) mass is 336 g/mol. The number of aryl methyl sites for hydroxylation is 2. The SMILES string of the molecule is CC=Nc1cc(C)c(CC)nc1C(C)O[C@H](CCC(C)C)C(C)F. The average molecular weight is 336 g/mol. The van der Waals surface area contributed by atoms with Crippen LogP contribution in [0.4, 0.5) is 10.1 Å². The van der Waals surface area contributed by atoms with Gasteiger partial charge in [-0.2, -0.15) is 0 Å². The lowest BCUT2D eigenvalue weighted by Crippen LogP contribution is -2.25. The molecule has 1 aromatic heterocycles. The van der Waals surface area contributed by atoms with E-state index in [1.165, 1.54) is 0 Å². The van der Waals surface area contributed by atoms with Gasteiger partial charge in [-0.25, -0.2) is 4.39 Å². The van der Waals surface area contributed by atoms with E-state index in [1.807, 2.05) is 26.8 Å². The van der Waals surface area contributed by atoms with Crippen molar-refractivity contribution in [3.05, 3.63) is 23.0 Å². The summed E-state index contributed by atoms with van der Waals surface area (Å²) >= 11 is 0. The minimum absolute atomic E-state index is 0.287. The Labute approximate surface area is 146 Å². The first-order valence-electron chi connectivity index (χ1n) is 9.08. The van der Waals surface area contributed by atoms with Crippen molar-refractivity contribution in [1.82, 2.24) is 4.98 Å². The second kappa shape index (κ2) is 9.87. The second-order valence-corrected chi connectivity index (χ2v) is 6.86. The van der Waals surface area contributed by atoms with Gasteiger partial charge in [0.1, 0.15) is 6.17 Å². The minimum atomic E-state index is -1.000. The van der Waals surface area contributed by atoms with Crippen LogP contribution in [0.15, 0.2) is 11.1 Å². The van der Waals surface area contributed by atoms with E-state index < -0.39 is 12.3 Å². The molecule has 2 unspecified atom stereocenters. The van der Waals surface area contributed by atoms with Crippen LogP contribution >= 0.6 is 0 Å². The summed E-state index contributed by atoms with van der Waals surface area (Å²) in [7, 11) is 0. The molecule has 0 saturated carbocycles. The summed E-state index contributed by atoms with van der Waals surface area (Å²) in [5.74, 6) is 0.537. The maximum atomic E-state index is 14.0. The van der Waals surface area contributed by atoms with Gasteiger partial charge in [0, 0.05) is 11.9 Å². The number of ether oxygens (including phenoxy) is 1. The van der Waals surface area contributed by atoms with Crippen LogP contribution in [0.5, 0.6) is 0 Å². The molecule has 24 heavy (non-hydrogen) atoms. The lowest BCUT2D eigenvalue weighted by atomic mass is 10.0. The molecule has 1 heterocycles. The Morgan fingerprint density at radius 1 is 1.25 bits per heavy atom. The summed E-state index contributed by atoms with van der Waals surface area (Å²) in [4.78, 5) is 9.18. The Morgan fingerprint density at radius 2 is 1.92 bits per heavy atom. The molecule has 3 atom stereocenters. The van der Waals surface area contributed by atoms with Gasteiger partial charge in [0.25, 0.3) is 0 Å². The van der Waals surface area contributed by atoms with Crippen molar-refractivity contribution in [3.8, 4) is 0 Å². The number of pyridine rings is 1. The Bertz CT molecular complexity index is 541. The molecule has 0 N–H and O–H groups in total. The van der Waals surface area contributed by atoms with Gasteiger partial charge in [-0.1, -0.05) is 20.8 Å². The molecule has 0 radical (unpaired) electrons. The lowest BCUT2D eigenvalue weighted by molar-refractivity contribution is -0.0488. The molecule has 4 heteroatoms. The maximum absolute atomic E-state index is 14.0. The zero-order chi connectivity index (χ0) is 18.3.